The summed E-state index contributed by atoms with van der Waals surface area (Å²) in [5.41, 5.74) is 1.27. The Hall–Kier alpha value is -1.91. The molecule has 90 valence electrons. The van der Waals surface area contributed by atoms with Gasteiger partial charge in [-0.2, -0.15) is 5.10 Å². The summed E-state index contributed by atoms with van der Waals surface area (Å²) in [4.78, 5) is 4.06. The zero-order chi connectivity index (χ0) is 12.4. The van der Waals surface area contributed by atoms with E-state index in [0.717, 1.165) is 5.56 Å². The number of ether oxygens (including phenoxy) is 1. The Kier molecular flexibility index (Phi) is 3.08. The van der Waals surface area contributed by atoms with Crippen molar-refractivity contribution in [1.29, 1.82) is 0 Å². The minimum atomic E-state index is -0.264. The van der Waals surface area contributed by atoms with Crippen LogP contribution < -0.4 is 4.74 Å². The zero-order valence-corrected chi connectivity index (χ0v) is 9.99. The van der Waals surface area contributed by atoms with E-state index < -0.39 is 0 Å². The molecular formula is C12H14FN3O. The number of halogens is 1. The van der Waals surface area contributed by atoms with Gasteiger partial charge in [0.1, 0.15) is 17.9 Å². The Balaban J connectivity index is 2.66. The fourth-order valence-electron chi connectivity index (χ4n) is 1.86. The highest BCUT2D eigenvalue weighted by atomic mass is 19.1. The monoisotopic (exact) mass is 235 g/mol. The first-order valence-corrected chi connectivity index (χ1v) is 5.37. The first-order valence-electron chi connectivity index (χ1n) is 5.37. The number of aromatic nitrogens is 3. The number of nitrogens with zero attached hydrogens (tertiary/aromatic N) is 2. The summed E-state index contributed by atoms with van der Waals surface area (Å²) in [6.07, 6.45) is 1.41. The number of benzene rings is 1. The van der Waals surface area contributed by atoms with Crippen LogP contribution in [-0.4, -0.2) is 22.3 Å². The number of methoxy groups -OCH3 is 1. The molecule has 0 aliphatic rings. The average molecular weight is 235 g/mol. The van der Waals surface area contributed by atoms with Crippen LogP contribution in [0.15, 0.2) is 18.5 Å². The number of aromatic amines is 1. The van der Waals surface area contributed by atoms with Crippen LogP contribution in [0, 0.1) is 5.82 Å². The predicted octanol–water partition coefficient (Wildman–Crippen LogP) is 2.74. The summed E-state index contributed by atoms with van der Waals surface area (Å²) in [6, 6.07) is 3.07. The van der Waals surface area contributed by atoms with E-state index in [0.29, 0.717) is 17.1 Å². The minimum Gasteiger partial charge on any atom is -0.496 e. The van der Waals surface area contributed by atoms with Gasteiger partial charge in [-0.15, -0.1) is 0 Å². The molecule has 0 fully saturated rings. The maximum absolute atomic E-state index is 13.8. The van der Waals surface area contributed by atoms with Crippen molar-refractivity contribution in [1.82, 2.24) is 15.2 Å². The average Bonchev–Trinajstić information content (AvgIpc) is 2.81. The quantitative estimate of drug-likeness (QED) is 0.889. The van der Waals surface area contributed by atoms with E-state index in [4.69, 9.17) is 4.74 Å². The number of hydrogen-bond acceptors (Lipinski definition) is 3. The first-order chi connectivity index (χ1) is 8.15. The number of H-pyrrole nitrogens is 1. The van der Waals surface area contributed by atoms with Crippen molar-refractivity contribution in [3.8, 4) is 17.1 Å². The maximum Gasteiger partial charge on any atom is 0.159 e. The fourth-order valence-corrected chi connectivity index (χ4v) is 1.86. The molecule has 2 rings (SSSR count). The molecule has 1 heterocycles. The number of nitrogens with one attached hydrogen (secondary N) is 1. The molecule has 17 heavy (non-hydrogen) atoms. The van der Waals surface area contributed by atoms with E-state index in [-0.39, 0.29) is 11.7 Å². The third-order valence-corrected chi connectivity index (χ3v) is 2.59. The van der Waals surface area contributed by atoms with Crippen LogP contribution in [0.25, 0.3) is 11.4 Å². The molecular weight excluding hydrogens is 221 g/mol. The van der Waals surface area contributed by atoms with Crippen molar-refractivity contribution in [2.75, 3.05) is 7.11 Å². The Morgan fingerprint density at radius 2 is 2.12 bits per heavy atom. The predicted molar refractivity (Wildman–Crippen MR) is 62.4 cm³/mol. The highest BCUT2D eigenvalue weighted by molar-refractivity contribution is 5.67. The molecule has 0 atom stereocenters. The van der Waals surface area contributed by atoms with E-state index >= 15 is 0 Å². The number of hydrogen-bond donors (Lipinski definition) is 1. The summed E-state index contributed by atoms with van der Waals surface area (Å²) >= 11 is 0. The number of rotatable bonds is 3. The summed E-state index contributed by atoms with van der Waals surface area (Å²) in [5, 5.41) is 6.54. The molecule has 1 aromatic carbocycles. The molecule has 0 saturated heterocycles. The Morgan fingerprint density at radius 1 is 1.35 bits per heavy atom. The second-order valence-electron chi connectivity index (χ2n) is 4.03. The summed E-state index contributed by atoms with van der Waals surface area (Å²) in [7, 11) is 1.53. The van der Waals surface area contributed by atoms with Crippen molar-refractivity contribution in [2.24, 2.45) is 0 Å². The Labute approximate surface area is 98.8 Å². The van der Waals surface area contributed by atoms with Gasteiger partial charge in [0.2, 0.25) is 0 Å². The topological polar surface area (TPSA) is 50.8 Å². The zero-order valence-electron chi connectivity index (χ0n) is 9.99. The van der Waals surface area contributed by atoms with Crippen LogP contribution in [0.5, 0.6) is 5.75 Å². The molecule has 0 aliphatic carbocycles. The fraction of sp³-hybridized carbons (Fsp3) is 0.333. The molecule has 0 aliphatic heterocycles. The van der Waals surface area contributed by atoms with Gasteiger partial charge in [0.25, 0.3) is 0 Å². The molecule has 1 N–H and O–H groups in total. The van der Waals surface area contributed by atoms with Crippen molar-refractivity contribution in [3.63, 3.8) is 0 Å². The van der Waals surface area contributed by atoms with Crippen LogP contribution in [0.3, 0.4) is 0 Å². The van der Waals surface area contributed by atoms with Gasteiger partial charge in [-0.1, -0.05) is 13.8 Å². The van der Waals surface area contributed by atoms with Gasteiger partial charge in [-0.3, -0.25) is 5.10 Å². The molecule has 0 unspecified atom stereocenters. The Bertz CT molecular complexity index is 509. The SMILES string of the molecule is COc1c(-c2ncn[nH]2)ccc(F)c1C(C)C. The summed E-state index contributed by atoms with van der Waals surface area (Å²) in [6.45, 7) is 3.84. The maximum atomic E-state index is 13.8. The molecule has 1 aromatic heterocycles. The van der Waals surface area contributed by atoms with E-state index in [1.165, 1.54) is 19.5 Å². The van der Waals surface area contributed by atoms with Crippen LogP contribution in [0.2, 0.25) is 0 Å². The van der Waals surface area contributed by atoms with E-state index in [1.807, 2.05) is 13.8 Å². The minimum absolute atomic E-state index is 0.0350. The molecule has 0 amide bonds. The molecule has 0 bridgehead atoms. The van der Waals surface area contributed by atoms with Gasteiger partial charge in [0, 0.05) is 5.56 Å². The van der Waals surface area contributed by atoms with Gasteiger partial charge in [0.15, 0.2) is 5.82 Å². The van der Waals surface area contributed by atoms with Gasteiger partial charge >= 0.3 is 0 Å². The van der Waals surface area contributed by atoms with Gasteiger partial charge in [-0.25, -0.2) is 9.37 Å². The lowest BCUT2D eigenvalue weighted by Crippen LogP contribution is -2.01. The van der Waals surface area contributed by atoms with Crippen molar-refractivity contribution < 1.29 is 9.13 Å². The molecule has 0 spiro atoms. The van der Waals surface area contributed by atoms with Gasteiger partial charge < -0.3 is 4.74 Å². The highest BCUT2D eigenvalue weighted by Gasteiger charge is 2.19. The van der Waals surface area contributed by atoms with Crippen LogP contribution in [-0.2, 0) is 0 Å². The van der Waals surface area contributed by atoms with Crippen LogP contribution >= 0.6 is 0 Å². The smallest absolute Gasteiger partial charge is 0.159 e. The van der Waals surface area contributed by atoms with Crippen molar-refractivity contribution in [2.45, 2.75) is 19.8 Å². The largest absolute Gasteiger partial charge is 0.496 e. The van der Waals surface area contributed by atoms with Crippen molar-refractivity contribution >= 4 is 0 Å². The molecule has 0 radical (unpaired) electrons. The lowest BCUT2D eigenvalue weighted by Gasteiger charge is -2.15. The second-order valence-corrected chi connectivity index (χ2v) is 4.03. The lowest BCUT2D eigenvalue weighted by molar-refractivity contribution is 0.403. The molecule has 0 saturated carbocycles. The van der Waals surface area contributed by atoms with Gasteiger partial charge in [0.05, 0.1) is 12.7 Å². The Morgan fingerprint density at radius 3 is 2.65 bits per heavy atom. The van der Waals surface area contributed by atoms with Crippen LogP contribution in [0.1, 0.15) is 25.3 Å². The summed E-state index contributed by atoms with van der Waals surface area (Å²) in [5.74, 6) is 0.855. The molecule has 2 aromatic rings. The van der Waals surface area contributed by atoms with E-state index in [2.05, 4.69) is 15.2 Å². The van der Waals surface area contributed by atoms with E-state index in [9.17, 15) is 4.39 Å². The van der Waals surface area contributed by atoms with Crippen LogP contribution in [0.4, 0.5) is 4.39 Å². The molecule has 4 nitrogen and oxygen atoms in total. The first kappa shape index (κ1) is 11.6. The third kappa shape index (κ3) is 2.00. The third-order valence-electron chi connectivity index (χ3n) is 2.59. The van der Waals surface area contributed by atoms with Crippen molar-refractivity contribution in [3.05, 3.63) is 29.8 Å². The van der Waals surface area contributed by atoms with E-state index in [1.54, 1.807) is 6.07 Å². The highest BCUT2D eigenvalue weighted by Crippen LogP contribution is 2.36. The lowest BCUT2D eigenvalue weighted by atomic mass is 9.98. The summed E-state index contributed by atoms with van der Waals surface area (Å²) < 4.78 is 19.1. The van der Waals surface area contributed by atoms with Gasteiger partial charge in [-0.05, 0) is 18.1 Å². The normalized spacial score (nSPS) is 10.9. The standard InChI is InChI=1S/C12H14FN3O/c1-7(2)10-9(13)5-4-8(11(10)17-3)12-14-6-15-16-12/h4-7H,1-3H3,(H,14,15,16). The second kappa shape index (κ2) is 4.53. The molecule has 5 heteroatoms.